The summed E-state index contributed by atoms with van der Waals surface area (Å²) in [5.74, 6) is -0.371. The normalized spacial score (nSPS) is 14.4. The molecule has 1 aliphatic heterocycles. The Bertz CT molecular complexity index is 1090. The highest BCUT2D eigenvalue weighted by molar-refractivity contribution is 6.05. The molecule has 4 rings (SSSR count). The van der Waals surface area contributed by atoms with Gasteiger partial charge in [-0.3, -0.25) is 19.1 Å². The van der Waals surface area contributed by atoms with Crippen LogP contribution in [-0.2, 0) is 9.59 Å². The SMILES string of the molecule is CC(C(=O)Nc1cccc(NC(=O)c2ccc(N3CCCC3=O)cc2)c1)n1cccn1. The molecule has 8 heteroatoms. The van der Waals surface area contributed by atoms with Crippen molar-refractivity contribution in [1.29, 1.82) is 0 Å². The fraction of sp³-hybridized carbons (Fsp3) is 0.217. The number of nitrogens with one attached hydrogen (secondary N) is 2. The van der Waals surface area contributed by atoms with Crippen LogP contribution in [0, 0.1) is 0 Å². The molecule has 2 N–H and O–H groups in total. The number of rotatable bonds is 6. The minimum Gasteiger partial charge on any atom is -0.324 e. The van der Waals surface area contributed by atoms with E-state index in [0.717, 1.165) is 12.1 Å². The molecule has 0 spiro atoms. The largest absolute Gasteiger partial charge is 0.324 e. The van der Waals surface area contributed by atoms with E-state index in [0.29, 0.717) is 29.9 Å². The van der Waals surface area contributed by atoms with E-state index in [4.69, 9.17) is 0 Å². The van der Waals surface area contributed by atoms with Crippen LogP contribution in [0.25, 0.3) is 0 Å². The van der Waals surface area contributed by atoms with Crippen LogP contribution < -0.4 is 15.5 Å². The lowest BCUT2D eigenvalue weighted by Gasteiger charge is -2.16. The zero-order chi connectivity index (χ0) is 21.8. The van der Waals surface area contributed by atoms with Gasteiger partial charge < -0.3 is 15.5 Å². The molecule has 0 radical (unpaired) electrons. The van der Waals surface area contributed by atoms with Gasteiger partial charge >= 0.3 is 0 Å². The first-order valence-electron chi connectivity index (χ1n) is 10.1. The topological polar surface area (TPSA) is 96.3 Å². The predicted octanol–water partition coefficient (Wildman–Crippen LogP) is 3.46. The smallest absolute Gasteiger partial charge is 0.255 e. The minimum absolute atomic E-state index is 0.109. The van der Waals surface area contributed by atoms with Crippen molar-refractivity contribution in [3.8, 4) is 0 Å². The average molecular weight is 417 g/mol. The quantitative estimate of drug-likeness (QED) is 0.642. The number of hydrogen-bond donors (Lipinski definition) is 2. The molecule has 1 aromatic heterocycles. The molecule has 1 atom stereocenters. The number of amides is 3. The summed E-state index contributed by atoms with van der Waals surface area (Å²) in [7, 11) is 0. The second kappa shape index (κ2) is 8.83. The highest BCUT2D eigenvalue weighted by Gasteiger charge is 2.21. The lowest BCUT2D eigenvalue weighted by Crippen LogP contribution is -2.24. The van der Waals surface area contributed by atoms with Gasteiger partial charge in [0.05, 0.1) is 0 Å². The van der Waals surface area contributed by atoms with Gasteiger partial charge in [0.15, 0.2) is 0 Å². The summed E-state index contributed by atoms with van der Waals surface area (Å²) >= 11 is 0. The predicted molar refractivity (Wildman–Crippen MR) is 118 cm³/mol. The van der Waals surface area contributed by atoms with Crippen molar-refractivity contribution in [3.63, 3.8) is 0 Å². The van der Waals surface area contributed by atoms with E-state index in [2.05, 4.69) is 15.7 Å². The molecule has 0 bridgehead atoms. The van der Waals surface area contributed by atoms with Gasteiger partial charge in [0.25, 0.3) is 5.91 Å². The zero-order valence-electron chi connectivity index (χ0n) is 17.1. The Hall–Kier alpha value is -3.94. The number of hydrogen-bond acceptors (Lipinski definition) is 4. The Kier molecular flexibility index (Phi) is 5.79. The van der Waals surface area contributed by atoms with E-state index in [1.165, 1.54) is 0 Å². The fourth-order valence-corrected chi connectivity index (χ4v) is 3.47. The van der Waals surface area contributed by atoms with Crippen molar-refractivity contribution >= 4 is 34.8 Å². The van der Waals surface area contributed by atoms with Gasteiger partial charge in [-0.2, -0.15) is 5.10 Å². The van der Waals surface area contributed by atoms with Crippen LogP contribution in [0.3, 0.4) is 0 Å². The van der Waals surface area contributed by atoms with Crippen LogP contribution in [0.15, 0.2) is 67.0 Å². The number of benzene rings is 2. The summed E-state index contributed by atoms with van der Waals surface area (Å²) in [5.41, 5.74) is 2.42. The third-order valence-corrected chi connectivity index (χ3v) is 5.20. The molecule has 0 saturated carbocycles. The zero-order valence-corrected chi connectivity index (χ0v) is 17.1. The summed E-state index contributed by atoms with van der Waals surface area (Å²) in [4.78, 5) is 38.7. The first-order chi connectivity index (χ1) is 15.0. The van der Waals surface area contributed by atoms with Crippen LogP contribution in [0.2, 0.25) is 0 Å². The van der Waals surface area contributed by atoms with E-state index in [1.54, 1.807) is 83.5 Å². The fourth-order valence-electron chi connectivity index (χ4n) is 3.47. The molecule has 1 unspecified atom stereocenters. The maximum Gasteiger partial charge on any atom is 0.255 e. The third-order valence-electron chi connectivity index (χ3n) is 5.20. The standard InChI is InChI=1S/C23H23N5O3/c1-16(28-14-4-12-24-28)22(30)25-18-5-2-6-19(15-18)26-23(31)17-8-10-20(11-9-17)27-13-3-7-21(27)29/h2,4-6,8-12,14-16H,3,7,13H2,1H3,(H,25,30)(H,26,31). The van der Waals surface area contributed by atoms with Gasteiger partial charge in [-0.05, 0) is 61.9 Å². The first-order valence-corrected chi connectivity index (χ1v) is 10.1. The molecule has 158 valence electrons. The van der Waals surface area contributed by atoms with Gasteiger partial charge in [0, 0.05) is 48.0 Å². The van der Waals surface area contributed by atoms with Gasteiger partial charge in [0.1, 0.15) is 6.04 Å². The van der Waals surface area contributed by atoms with Gasteiger partial charge in [-0.1, -0.05) is 6.07 Å². The summed E-state index contributed by atoms with van der Waals surface area (Å²) in [6.45, 7) is 2.47. The molecule has 2 aromatic carbocycles. The van der Waals surface area contributed by atoms with Crippen molar-refractivity contribution in [1.82, 2.24) is 9.78 Å². The van der Waals surface area contributed by atoms with Crippen LogP contribution in [-0.4, -0.2) is 34.0 Å². The molecule has 0 aliphatic carbocycles. The molecular weight excluding hydrogens is 394 g/mol. The Morgan fingerprint density at radius 1 is 1.03 bits per heavy atom. The highest BCUT2D eigenvalue weighted by atomic mass is 16.2. The number of carbonyl (C=O) groups is 3. The van der Waals surface area contributed by atoms with Crippen molar-refractivity contribution in [2.75, 3.05) is 22.1 Å². The Morgan fingerprint density at radius 2 is 1.77 bits per heavy atom. The van der Waals surface area contributed by atoms with E-state index in [9.17, 15) is 14.4 Å². The number of nitrogens with zero attached hydrogens (tertiary/aromatic N) is 3. The van der Waals surface area contributed by atoms with Crippen LogP contribution in [0.5, 0.6) is 0 Å². The van der Waals surface area contributed by atoms with Crippen molar-refractivity contribution in [2.24, 2.45) is 0 Å². The van der Waals surface area contributed by atoms with Crippen molar-refractivity contribution in [2.45, 2.75) is 25.8 Å². The number of carbonyl (C=O) groups excluding carboxylic acids is 3. The molecule has 2 heterocycles. The van der Waals surface area contributed by atoms with Gasteiger partial charge in [-0.25, -0.2) is 0 Å². The van der Waals surface area contributed by atoms with Crippen molar-refractivity contribution in [3.05, 3.63) is 72.6 Å². The summed E-state index contributed by atoms with van der Waals surface area (Å²) < 4.78 is 1.57. The number of anilines is 3. The monoisotopic (exact) mass is 417 g/mol. The molecule has 3 amide bonds. The van der Waals surface area contributed by atoms with Crippen LogP contribution in [0.1, 0.15) is 36.2 Å². The molecule has 1 saturated heterocycles. The van der Waals surface area contributed by atoms with Crippen LogP contribution >= 0.6 is 0 Å². The molecule has 3 aromatic rings. The average Bonchev–Trinajstić information content (AvgIpc) is 3.45. The third kappa shape index (κ3) is 4.63. The van der Waals surface area contributed by atoms with E-state index in [1.807, 2.05) is 0 Å². The van der Waals surface area contributed by atoms with Crippen LogP contribution in [0.4, 0.5) is 17.1 Å². The lowest BCUT2D eigenvalue weighted by molar-refractivity contribution is -0.119. The second-order valence-corrected chi connectivity index (χ2v) is 7.38. The maximum atomic E-state index is 12.6. The van der Waals surface area contributed by atoms with Gasteiger partial charge in [-0.15, -0.1) is 0 Å². The number of aromatic nitrogens is 2. The Morgan fingerprint density at radius 3 is 2.42 bits per heavy atom. The highest BCUT2D eigenvalue weighted by Crippen LogP contribution is 2.22. The molecule has 1 fully saturated rings. The van der Waals surface area contributed by atoms with E-state index >= 15 is 0 Å². The summed E-state index contributed by atoms with van der Waals surface area (Å²) in [6, 6.07) is 15.2. The Labute approximate surface area is 179 Å². The van der Waals surface area contributed by atoms with E-state index < -0.39 is 6.04 Å². The first kappa shape index (κ1) is 20.3. The maximum absolute atomic E-state index is 12.6. The summed E-state index contributed by atoms with van der Waals surface area (Å²) in [6.07, 6.45) is 4.77. The van der Waals surface area contributed by atoms with E-state index in [-0.39, 0.29) is 17.7 Å². The summed E-state index contributed by atoms with van der Waals surface area (Å²) in [5, 5.41) is 9.76. The molecule has 1 aliphatic rings. The minimum atomic E-state index is -0.464. The van der Waals surface area contributed by atoms with Gasteiger partial charge in [0.2, 0.25) is 11.8 Å². The molecule has 31 heavy (non-hydrogen) atoms. The molecule has 8 nitrogen and oxygen atoms in total. The Balaban J connectivity index is 1.39. The second-order valence-electron chi connectivity index (χ2n) is 7.38. The van der Waals surface area contributed by atoms with Crippen molar-refractivity contribution < 1.29 is 14.4 Å². The lowest BCUT2D eigenvalue weighted by atomic mass is 10.1. The molecular formula is C23H23N5O3.